The summed E-state index contributed by atoms with van der Waals surface area (Å²) in [4.78, 5) is 19.3. The highest BCUT2D eigenvalue weighted by Crippen LogP contribution is 2.45. The molecule has 4 heteroatoms. The van der Waals surface area contributed by atoms with Gasteiger partial charge in [-0.05, 0) is 18.9 Å². The summed E-state index contributed by atoms with van der Waals surface area (Å²) in [5.74, 6) is 0.416. The maximum absolute atomic E-state index is 11.5. The first-order chi connectivity index (χ1) is 6.21. The Morgan fingerprint density at radius 1 is 1.46 bits per heavy atom. The van der Waals surface area contributed by atoms with Crippen LogP contribution >= 0.6 is 0 Å². The predicted octanol–water partition coefficient (Wildman–Crippen LogP) is 1.22. The van der Waals surface area contributed by atoms with Crippen LogP contribution in [0.2, 0.25) is 0 Å². The fourth-order valence-electron chi connectivity index (χ4n) is 1.03. The number of carbonyl (C=O) groups excluding carboxylic acids is 1. The van der Waals surface area contributed by atoms with Gasteiger partial charge in [-0.1, -0.05) is 6.92 Å². The fraction of sp³-hybridized carbons (Fsp3) is 0.444. The van der Waals surface area contributed by atoms with E-state index in [9.17, 15) is 4.79 Å². The Morgan fingerprint density at radius 2 is 2.08 bits per heavy atom. The molecule has 1 heterocycles. The second-order valence-electron chi connectivity index (χ2n) is 3.59. The lowest BCUT2D eigenvalue weighted by molar-refractivity contribution is -0.120. The van der Waals surface area contributed by atoms with E-state index in [0.717, 1.165) is 12.8 Å². The normalized spacial score (nSPS) is 17.9. The lowest BCUT2D eigenvalue weighted by Crippen LogP contribution is -2.22. The molecular weight excluding hydrogens is 166 g/mol. The zero-order valence-electron chi connectivity index (χ0n) is 7.45. The summed E-state index contributed by atoms with van der Waals surface area (Å²) in [6.45, 7) is 1.95. The maximum Gasteiger partial charge on any atom is 0.232 e. The molecule has 4 nitrogen and oxygen atoms in total. The third kappa shape index (κ3) is 1.66. The van der Waals surface area contributed by atoms with Gasteiger partial charge in [0.1, 0.15) is 0 Å². The summed E-state index contributed by atoms with van der Waals surface area (Å²) in [6, 6.07) is 1.72. The van der Waals surface area contributed by atoms with E-state index in [-0.39, 0.29) is 11.3 Å². The highest BCUT2D eigenvalue weighted by atomic mass is 16.2. The number of amides is 1. The Hall–Kier alpha value is -1.45. The van der Waals surface area contributed by atoms with Crippen molar-refractivity contribution >= 4 is 11.9 Å². The minimum absolute atomic E-state index is 0.0266. The molecule has 0 radical (unpaired) electrons. The van der Waals surface area contributed by atoms with E-state index in [2.05, 4.69) is 15.3 Å². The molecule has 0 atom stereocenters. The predicted molar refractivity (Wildman–Crippen MR) is 48.0 cm³/mol. The molecule has 0 bridgehead atoms. The van der Waals surface area contributed by atoms with Crippen LogP contribution in [0, 0.1) is 5.41 Å². The van der Waals surface area contributed by atoms with Crippen LogP contribution in [0.1, 0.15) is 19.8 Å². The second kappa shape index (κ2) is 2.80. The summed E-state index contributed by atoms with van der Waals surface area (Å²) in [6.07, 6.45) is 5.15. The van der Waals surface area contributed by atoms with Gasteiger partial charge in [-0.25, -0.2) is 9.97 Å². The summed E-state index contributed by atoms with van der Waals surface area (Å²) >= 11 is 0. The van der Waals surface area contributed by atoms with E-state index in [1.807, 2.05) is 6.92 Å². The molecule has 68 valence electrons. The first kappa shape index (κ1) is 8.16. The second-order valence-corrected chi connectivity index (χ2v) is 3.59. The number of nitrogens with zero attached hydrogens (tertiary/aromatic N) is 2. The summed E-state index contributed by atoms with van der Waals surface area (Å²) in [5, 5.41) is 2.68. The number of rotatable bonds is 2. The summed E-state index contributed by atoms with van der Waals surface area (Å²) in [7, 11) is 0. The van der Waals surface area contributed by atoms with Crippen LogP contribution < -0.4 is 5.32 Å². The maximum atomic E-state index is 11.5. The zero-order valence-corrected chi connectivity index (χ0v) is 7.45. The van der Waals surface area contributed by atoms with E-state index in [1.54, 1.807) is 18.5 Å². The molecule has 1 fully saturated rings. The van der Waals surface area contributed by atoms with E-state index in [4.69, 9.17) is 0 Å². The van der Waals surface area contributed by atoms with Crippen molar-refractivity contribution in [3.05, 3.63) is 18.5 Å². The standard InChI is InChI=1S/C9H11N3O/c1-9(3-4-9)7(13)12-8-10-5-2-6-11-8/h2,5-6H,3-4H2,1H3,(H,10,11,12,13). The van der Waals surface area contributed by atoms with Crippen LogP contribution in [0.4, 0.5) is 5.95 Å². The van der Waals surface area contributed by atoms with Crippen LogP contribution in [0.5, 0.6) is 0 Å². The van der Waals surface area contributed by atoms with Gasteiger partial charge in [-0.2, -0.15) is 0 Å². The minimum atomic E-state index is -0.167. The van der Waals surface area contributed by atoms with Gasteiger partial charge in [-0.3, -0.25) is 10.1 Å². The van der Waals surface area contributed by atoms with Gasteiger partial charge < -0.3 is 0 Å². The SMILES string of the molecule is CC1(C(=O)Nc2ncccn2)CC1. The molecule has 1 amide bonds. The first-order valence-corrected chi connectivity index (χ1v) is 4.29. The van der Waals surface area contributed by atoms with Gasteiger partial charge in [0.25, 0.3) is 0 Å². The van der Waals surface area contributed by atoms with Crippen LogP contribution in [0.3, 0.4) is 0 Å². The third-order valence-corrected chi connectivity index (χ3v) is 2.34. The molecule has 1 aromatic rings. The number of nitrogens with one attached hydrogen (secondary N) is 1. The lowest BCUT2D eigenvalue weighted by atomic mass is 10.1. The Balaban J connectivity index is 2.03. The highest BCUT2D eigenvalue weighted by molar-refractivity contribution is 5.95. The molecule has 0 spiro atoms. The summed E-state index contributed by atoms with van der Waals surface area (Å²) in [5.41, 5.74) is -0.167. The molecule has 13 heavy (non-hydrogen) atoms. The Kier molecular flexibility index (Phi) is 1.76. The average molecular weight is 177 g/mol. The quantitative estimate of drug-likeness (QED) is 0.738. The molecule has 0 unspecified atom stereocenters. The zero-order chi connectivity index (χ0) is 9.31. The number of hydrogen-bond acceptors (Lipinski definition) is 3. The van der Waals surface area contributed by atoms with Gasteiger partial charge in [-0.15, -0.1) is 0 Å². The lowest BCUT2D eigenvalue weighted by Gasteiger charge is -2.07. The molecule has 0 aromatic carbocycles. The fourth-order valence-corrected chi connectivity index (χ4v) is 1.03. The van der Waals surface area contributed by atoms with E-state index < -0.39 is 0 Å². The number of aromatic nitrogens is 2. The Bertz CT molecular complexity index is 319. The molecule has 1 aromatic heterocycles. The van der Waals surface area contributed by atoms with Crippen LogP contribution in [-0.4, -0.2) is 15.9 Å². The van der Waals surface area contributed by atoms with E-state index in [0.29, 0.717) is 5.95 Å². The van der Waals surface area contributed by atoms with Gasteiger partial charge in [0, 0.05) is 17.8 Å². The van der Waals surface area contributed by atoms with Gasteiger partial charge >= 0.3 is 0 Å². The highest BCUT2D eigenvalue weighted by Gasteiger charge is 2.45. The van der Waals surface area contributed by atoms with Crippen molar-refractivity contribution < 1.29 is 4.79 Å². The largest absolute Gasteiger partial charge is 0.294 e. The van der Waals surface area contributed by atoms with Crippen molar-refractivity contribution in [1.29, 1.82) is 0 Å². The van der Waals surface area contributed by atoms with Crippen LogP contribution in [0.15, 0.2) is 18.5 Å². The molecule has 0 saturated heterocycles. The van der Waals surface area contributed by atoms with Crippen molar-refractivity contribution in [3.63, 3.8) is 0 Å². The average Bonchev–Trinajstić information content (AvgIpc) is 2.87. The van der Waals surface area contributed by atoms with Crippen LogP contribution in [0.25, 0.3) is 0 Å². The molecule has 2 rings (SSSR count). The van der Waals surface area contributed by atoms with E-state index >= 15 is 0 Å². The summed E-state index contributed by atoms with van der Waals surface area (Å²) < 4.78 is 0. The van der Waals surface area contributed by atoms with Crippen molar-refractivity contribution in [3.8, 4) is 0 Å². The van der Waals surface area contributed by atoms with Gasteiger partial charge in [0.2, 0.25) is 11.9 Å². The van der Waals surface area contributed by atoms with Gasteiger partial charge in [0.15, 0.2) is 0 Å². The molecule has 1 aliphatic carbocycles. The molecule has 1 saturated carbocycles. The molecular formula is C9H11N3O. The Morgan fingerprint density at radius 3 is 2.62 bits per heavy atom. The number of carbonyl (C=O) groups is 1. The van der Waals surface area contributed by atoms with Crippen molar-refractivity contribution in [1.82, 2.24) is 9.97 Å². The van der Waals surface area contributed by atoms with E-state index in [1.165, 1.54) is 0 Å². The Labute approximate surface area is 76.4 Å². The minimum Gasteiger partial charge on any atom is -0.294 e. The smallest absolute Gasteiger partial charge is 0.232 e. The van der Waals surface area contributed by atoms with Crippen molar-refractivity contribution in [2.75, 3.05) is 5.32 Å². The first-order valence-electron chi connectivity index (χ1n) is 4.29. The number of hydrogen-bond donors (Lipinski definition) is 1. The molecule has 1 N–H and O–H groups in total. The van der Waals surface area contributed by atoms with Crippen LogP contribution in [-0.2, 0) is 4.79 Å². The third-order valence-electron chi connectivity index (χ3n) is 2.34. The number of anilines is 1. The van der Waals surface area contributed by atoms with Crippen molar-refractivity contribution in [2.45, 2.75) is 19.8 Å². The van der Waals surface area contributed by atoms with Gasteiger partial charge in [0.05, 0.1) is 0 Å². The van der Waals surface area contributed by atoms with Crippen molar-refractivity contribution in [2.24, 2.45) is 5.41 Å². The topological polar surface area (TPSA) is 54.9 Å². The molecule has 0 aliphatic heterocycles. The monoisotopic (exact) mass is 177 g/mol. The molecule has 1 aliphatic rings.